The Morgan fingerprint density at radius 3 is 2.71 bits per heavy atom. The van der Waals surface area contributed by atoms with Crippen LogP contribution in [0.15, 0.2) is 54.7 Å². The van der Waals surface area contributed by atoms with Crippen LogP contribution >= 0.6 is 23.2 Å². The number of benzene rings is 2. The lowest BCUT2D eigenvalue weighted by atomic mass is 10.0. The summed E-state index contributed by atoms with van der Waals surface area (Å²) in [5, 5.41) is 2.02. The molecule has 0 N–H and O–H groups in total. The van der Waals surface area contributed by atoms with Crippen LogP contribution in [0.4, 0.5) is 0 Å². The van der Waals surface area contributed by atoms with E-state index in [0.29, 0.717) is 15.6 Å². The SMILES string of the molecule is O=C(Cc1ccc(Cl)cc1Cl)c1ccc2ncccc2c1. The highest BCUT2D eigenvalue weighted by Crippen LogP contribution is 2.23. The van der Waals surface area contributed by atoms with Crippen LogP contribution < -0.4 is 0 Å². The highest BCUT2D eigenvalue weighted by molar-refractivity contribution is 6.35. The third-order valence-electron chi connectivity index (χ3n) is 3.29. The molecule has 0 saturated carbocycles. The maximum absolute atomic E-state index is 12.4. The molecule has 0 saturated heterocycles. The van der Waals surface area contributed by atoms with Crippen LogP contribution in [0.1, 0.15) is 15.9 Å². The predicted octanol–water partition coefficient (Wildman–Crippen LogP) is 4.97. The predicted molar refractivity (Wildman–Crippen MR) is 86.2 cm³/mol. The third kappa shape index (κ3) is 3.07. The molecule has 2 aromatic carbocycles. The number of nitrogens with zero attached hydrogens (tertiary/aromatic N) is 1. The Hall–Kier alpha value is -1.90. The van der Waals surface area contributed by atoms with E-state index >= 15 is 0 Å². The summed E-state index contributed by atoms with van der Waals surface area (Å²) in [6, 6.07) is 14.5. The number of hydrogen-bond donors (Lipinski definition) is 0. The smallest absolute Gasteiger partial charge is 0.167 e. The highest BCUT2D eigenvalue weighted by atomic mass is 35.5. The highest BCUT2D eigenvalue weighted by Gasteiger charge is 2.11. The summed E-state index contributed by atoms with van der Waals surface area (Å²) in [6.45, 7) is 0. The number of fused-ring (bicyclic) bond motifs is 1. The van der Waals surface area contributed by atoms with Crippen molar-refractivity contribution in [1.29, 1.82) is 0 Å². The first-order valence-corrected chi connectivity index (χ1v) is 7.21. The Balaban J connectivity index is 1.89. The lowest BCUT2D eigenvalue weighted by molar-refractivity contribution is 0.0993. The van der Waals surface area contributed by atoms with Crippen molar-refractivity contribution in [3.05, 3.63) is 75.9 Å². The molecule has 0 bridgehead atoms. The van der Waals surface area contributed by atoms with E-state index in [1.807, 2.05) is 24.3 Å². The lowest BCUT2D eigenvalue weighted by Gasteiger charge is -2.05. The van der Waals surface area contributed by atoms with Crippen LogP contribution in [0.2, 0.25) is 10.0 Å². The van der Waals surface area contributed by atoms with Gasteiger partial charge in [0.25, 0.3) is 0 Å². The summed E-state index contributed by atoms with van der Waals surface area (Å²) in [6.07, 6.45) is 1.99. The van der Waals surface area contributed by atoms with Crippen molar-refractivity contribution in [2.75, 3.05) is 0 Å². The van der Waals surface area contributed by atoms with Crippen LogP contribution in [0.3, 0.4) is 0 Å². The molecule has 1 aromatic heterocycles. The average Bonchev–Trinajstić information content (AvgIpc) is 2.49. The molecule has 3 aromatic rings. The number of aromatic nitrogens is 1. The monoisotopic (exact) mass is 315 g/mol. The van der Waals surface area contributed by atoms with Gasteiger partial charge in [-0.05, 0) is 42.0 Å². The molecule has 0 aliphatic carbocycles. The summed E-state index contributed by atoms with van der Waals surface area (Å²) in [7, 11) is 0. The van der Waals surface area contributed by atoms with E-state index in [1.165, 1.54) is 0 Å². The first-order chi connectivity index (χ1) is 10.1. The molecular weight excluding hydrogens is 305 g/mol. The van der Waals surface area contributed by atoms with Crippen LogP contribution in [0, 0.1) is 0 Å². The second-order valence-corrected chi connectivity index (χ2v) is 5.59. The number of hydrogen-bond acceptors (Lipinski definition) is 2. The van der Waals surface area contributed by atoms with Crippen LogP contribution in [-0.4, -0.2) is 10.8 Å². The Kier molecular flexibility index (Phi) is 3.91. The van der Waals surface area contributed by atoms with E-state index < -0.39 is 0 Å². The molecule has 0 amide bonds. The van der Waals surface area contributed by atoms with Crippen molar-refractivity contribution < 1.29 is 4.79 Å². The van der Waals surface area contributed by atoms with Crippen molar-refractivity contribution in [3.8, 4) is 0 Å². The second-order valence-electron chi connectivity index (χ2n) is 4.75. The van der Waals surface area contributed by atoms with E-state index in [2.05, 4.69) is 4.98 Å². The quantitative estimate of drug-likeness (QED) is 0.639. The molecule has 0 aliphatic heterocycles. The molecule has 0 aliphatic rings. The van der Waals surface area contributed by atoms with Gasteiger partial charge < -0.3 is 0 Å². The maximum Gasteiger partial charge on any atom is 0.167 e. The minimum absolute atomic E-state index is 0.0185. The van der Waals surface area contributed by atoms with E-state index in [-0.39, 0.29) is 12.2 Å². The number of ketones is 1. The minimum Gasteiger partial charge on any atom is -0.294 e. The molecule has 0 radical (unpaired) electrons. The molecule has 21 heavy (non-hydrogen) atoms. The summed E-state index contributed by atoms with van der Waals surface area (Å²) in [4.78, 5) is 16.6. The van der Waals surface area contributed by atoms with Gasteiger partial charge in [0.1, 0.15) is 0 Å². The van der Waals surface area contributed by atoms with Gasteiger partial charge >= 0.3 is 0 Å². The number of carbonyl (C=O) groups is 1. The van der Waals surface area contributed by atoms with Crippen LogP contribution in [0.25, 0.3) is 10.9 Å². The van der Waals surface area contributed by atoms with Crippen molar-refractivity contribution in [1.82, 2.24) is 4.98 Å². The topological polar surface area (TPSA) is 30.0 Å². The number of pyridine rings is 1. The zero-order valence-electron chi connectivity index (χ0n) is 11.0. The van der Waals surface area contributed by atoms with Gasteiger partial charge in [-0.15, -0.1) is 0 Å². The number of halogens is 2. The van der Waals surface area contributed by atoms with Gasteiger partial charge in [0.2, 0.25) is 0 Å². The molecule has 0 spiro atoms. The van der Waals surface area contributed by atoms with Crippen molar-refractivity contribution in [2.45, 2.75) is 6.42 Å². The molecule has 104 valence electrons. The Morgan fingerprint density at radius 2 is 1.90 bits per heavy atom. The van der Waals surface area contributed by atoms with E-state index in [0.717, 1.165) is 16.5 Å². The molecule has 0 fully saturated rings. The Bertz CT molecular complexity index is 830. The van der Waals surface area contributed by atoms with Crippen molar-refractivity contribution >= 4 is 39.9 Å². The van der Waals surface area contributed by atoms with Gasteiger partial charge in [0.05, 0.1) is 5.52 Å². The number of Topliss-reactive ketones (excluding diaryl/α,β-unsaturated/α-hetero) is 1. The third-order valence-corrected chi connectivity index (χ3v) is 3.88. The van der Waals surface area contributed by atoms with Crippen LogP contribution in [0.5, 0.6) is 0 Å². The van der Waals surface area contributed by atoms with Crippen molar-refractivity contribution in [2.24, 2.45) is 0 Å². The molecule has 3 rings (SSSR count). The fourth-order valence-corrected chi connectivity index (χ4v) is 2.66. The first-order valence-electron chi connectivity index (χ1n) is 6.45. The fourth-order valence-electron chi connectivity index (χ4n) is 2.19. The molecule has 0 unspecified atom stereocenters. The summed E-state index contributed by atoms with van der Waals surface area (Å²) in [5.41, 5.74) is 2.30. The van der Waals surface area contributed by atoms with E-state index in [9.17, 15) is 4.79 Å². The number of carbonyl (C=O) groups excluding carboxylic acids is 1. The normalized spacial score (nSPS) is 10.8. The van der Waals surface area contributed by atoms with Gasteiger partial charge in [0, 0.05) is 33.6 Å². The molecule has 2 nitrogen and oxygen atoms in total. The zero-order valence-corrected chi connectivity index (χ0v) is 12.5. The summed E-state index contributed by atoms with van der Waals surface area (Å²) >= 11 is 12.0. The Morgan fingerprint density at radius 1 is 1.05 bits per heavy atom. The lowest BCUT2D eigenvalue weighted by Crippen LogP contribution is -2.04. The fraction of sp³-hybridized carbons (Fsp3) is 0.0588. The minimum atomic E-state index is 0.0185. The largest absolute Gasteiger partial charge is 0.294 e. The van der Waals surface area contributed by atoms with Crippen LogP contribution in [-0.2, 0) is 6.42 Å². The second kappa shape index (κ2) is 5.84. The Labute approximate surface area is 132 Å². The molecular formula is C17H11Cl2NO. The van der Waals surface area contributed by atoms with Gasteiger partial charge in [0.15, 0.2) is 5.78 Å². The first kappa shape index (κ1) is 14.1. The molecule has 4 heteroatoms. The van der Waals surface area contributed by atoms with Gasteiger partial charge in [-0.2, -0.15) is 0 Å². The zero-order chi connectivity index (χ0) is 14.8. The van der Waals surface area contributed by atoms with Gasteiger partial charge in [-0.3, -0.25) is 9.78 Å². The molecule has 0 atom stereocenters. The summed E-state index contributed by atoms with van der Waals surface area (Å²) < 4.78 is 0. The summed E-state index contributed by atoms with van der Waals surface area (Å²) in [5.74, 6) is 0.0185. The average molecular weight is 316 g/mol. The van der Waals surface area contributed by atoms with E-state index in [1.54, 1.807) is 30.5 Å². The molecule has 1 heterocycles. The standard InChI is InChI=1S/C17H11Cl2NO/c18-14-5-3-11(15(19)10-14)9-17(21)13-4-6-16-12(8-13)2-1-7-20-16/h1-8,10H,9H2. The van der Waals surface area contributed by atoms with Crippen molar-refractivity contribution in [3.63, 3.8) is 0 Å². The van der Waals surface area contributed by atoms with Gasteiger partial charge in [-0.1, -0.05) is 35.3 Å². The van der Waals surface area contributed by atoms with E-state index in [4.69, 9.17) is 23.2 Å². The number of rotatable bonds is 3. The maximum atomic E-state index is 12.4. The van der Waals surface area contributed by atoms with Gasteiger partial charge in [-0.25, -0.2) is 0 Å².